The molecule has 3 N–H and O–H groups in total. The molecule has 0 saturated carbocycles. The van der Waals surface area contributed by atoms with Crippen LogP contribution in [0, 0.1) is 0 Å². The molecule has 14 heavy (non-hydrogen) atoms. The molecule has 0 fully saturated rings. The summed E-state index contributed by atoms with van der Waals surface area (Å²) in [5.41, 5.74) is 5.52. The molecule has 1 unspecified atom stereocenters. The Morgan fingerprint density at radius 3 is 2.57 bits per heavy atom. The molecule has 1 atom stereocenters. The van der Waals surface area contributed by atoms with Crippen molar-refractivity contribution in [2.75, 3.05) is 27.3 Å². The van der Waals surface area contributed by atoms with Crippen LogP contribution in [-0.2, 0) is 14.3 Å². The highest BCUT2D eigenvalue weighted by molar-refractivity contribution is 5.84. The maximum Gasteiger partial charge on any atom is 0.323 e. The molecule has 0 aliphatic rings. The van der Waals surface area contributed by atoms with Gasteiger partial charge in [-0.2, -0.15) is 0 Å². The molecule has 82 valence electrons. The van der Waals surface area contributed by atoms with Gasteiger partial charge in [-0.3, -0.25) is 9.59 Å². The Kier molecular flexibility index (Phi) is 5.82. The zero-order chi connectivity index (χ0) is 11.1. The number of ether oxygens (including phenoxy) is 1. The second-order valence-corrected chi connectivity index (χ2v) is 2.98. The molecule has 0 aliphatic heterocycles. The number of likely N-dealkylation sites (N-methyl/N-ethyl adjacent to an activating group) is 1. The van der Waals surface area contributed by atoms with Gasteiger partial charge in [-0.15, -0.1) is 0 Å². The first kappa shape index (κ1) is 12.9. The maximum absolute atomic E-state index is 11.4. The van der Waals surface area contributed by atoms with Gasteiger partial charge in [0.2, 0.25) is 5.91 Å². The number of nitrogens with two attached hydrogens (primary N) is 1. The molecular formula is C8H16N2O4. The van der Waals surface area contributed by atoms with Crippen molar-refractivity contribution < 1.29 is 19.4 Å². The molecular weight excluding hydrogens is 188 g/mol. The predicted molar refractivity (Wildman–Crippen MR) is 49.7 cm³/mol. The number of hydrogen-bond donors (Lipinski definition) is 2. The fraction of sp³-hybridized carbons (Fsp3) is 0.750. The van der Waals surface area contributed by atoms with Crippen LogP contribution in [0.25, 0.3) is 0 Å². The maximum atomic E-state index is 11.4. The van der Waals surface area contributed by atoms with Crippen LogP contribution in [0.15, 0.2) is 0 Å². The average molecular weight is 204 g/mol. The van der Waals surface area contributed by atoms with Gasteiger partial charge in [0.05, 0.1) is 6.04 Å². The Hall–Kier alpha value is -1.14. The molecule has 0 aliphatic carbocycles. The van der Waals surface area contributed by atoms with Crippen molar-refractivity contribution >= 4 is 11.9 Å². The van der Waals surface area contributed by atoms with E-state index < -0.39 is 12.0 Å². The van der Waals surface area contributed by atoms with Gasteiger partial charge in [0, 0.05) is 20.8 Å². The SMILES string of the molecule is COCCC(N)C(=O)N(C)CC(=O)O. The molecule has 1 amide bonds. The fourth-order valence-electron chi connectivity index (χ4n) is 0.932. The summed E-state index contributed by atoms with van der Waals surface area (Å²) in [4.78, 5) is 22.7. The van der Waals surface area contributed by atoms with Crippen LogP contribution in [0.5, 0.6) is 0 Å². The van der Waals surface area contributed by atoms with Crippen LogP contribution in [-0.4, -0.2) is 55.2 Å². The van der Waals surface area contributed by atoms with E-state index in [2.05, 4.69) is 0 Å². The summed E-state index contributed by atoms with van der Waals surface area (Å²) in [6.45, 7) is 0.0489. The van der Waals surface area contributed by atoms with Gasteiger partial charge < -0.3 is 20.5 Å². The third kappa shape index (κ3) is 4.78. The lowest BCUT2D eigenvalue weighted by Crippen LogP contribution is -2.44. The van der Waals surface area contributed by atoms with Gasteiger partial charge in [-0.05, 0) is 6.42 Å². The number of carboxylic acids is 1. The van der Waals surface area contributed by atoms with Gasteiger partial charge in [-0.1, -0.05) is 0 Å². The zero-order valence-corrected chi connectivity index (χ0v) is 8.40. The number of amides is 1. The predicted octanol–water partition coefficient (Wildman–Crippen LogP) is -1.11. The quantitative estimate of drug-likeness (QED) is 0.572. The highest BCUT2D eigenvalue weighted by atomic mass is 16.5. The summed E-state index contributed by atoms with van der Waals surface area (Å²) in [7, 11) is 2.92. The topological polar surface area (TPSA) is 92.9 Å². The summed E-state index contributed by atoms with van der Waals surface area (Å²) in [6, 6.07) is -0.695. The van der Waals surface area contributed by atoms with Crippen LogP contribution >= 0.6 is 0 Å². The molecule has 0 radical (unpaired) electrons. The summed E-state index contributed by atoms with van der Waals surface area (Å²) in [5.74, 6) is -1.44. The van der Waals surface area contributed by atoms with Crippen LogP contribution in [0.3, 0.4) is 0 Å². The highest BCUT2D eigenvalue weighted by Crippen LogP contribution is 1.95. The van der Waals surface area contributed by atoms with Crippen molar-refractivity contribution in [1.82, 2.24) is 4.90 Å². The number of hydrogen-bond acceptors (Lipinski definition) is 4. The molecule has 6 heteroatoms. The minimum Gasteiger partial charge on any atom is -0.480 e. The molecule has 0 heterocycles. The van der Waals surface area contributed by atoms with Crippen molar-refractivity contribution in [2.24, 2.45) is 5.73 Å². The summed E-state index contributed by atoms with van der Waals surface area (Å²) < 4.78 is 4.76. The van der Waals surface area contributed by atoms with E-state index in [1.54, 1.807) is 0 Å². The molecule has 0 aromatic rings. The fourth-order valence-corrected chi connectivity index (χ4v) is 0.932. The van der Waals surface area contributed by atoms with E-state index in [-0.39, 0.29) is 12.5 Å². The number of methoxy groups -OCH3 is 1. The lowest BCUT2D eigenvalue weighted by atomic mass is 10.2. The largest absolute Gasteiger partial charge is 0.480 e. The molecule has 0 bridgehead atoms. The van der Waals surface area contributed by atoms with E-state index in [0.29, 0.717) is 13.0 Å². The van der Waals surface area contributed by atoms with Crippen molar-refractivity contribution in [3.05, 3.63) is 0 Å². The highest BCUT2D eigenvalue weighted by Gasteiger charge is 2.19. The van der Waals surface area contributed by atoms with Crippen molar-refractivity contribution in [2.45, 2.75) is 12.5 Å². The normalized spacial score (nSPS) is 12.2. The minimum absolute atomic E-state index is 0.334. The van der Waals surface area contributed by atoms with Gasteiger partial charge >= 0.3 is 5.97 Å². The van der Waals surface area contributed by atoms with E-state index in [0.717, 1.165) is 4.90 Å². The smallest absolute Gasteiger partial charge is 0.323 e. The lowest BCUT2D eigenvalue weighted by Gasteiger charge is -2.18. The first-order chi connectivity index (χ1) is 6.49. The molecule has 0 aromatic heterocycles. The Morgan fingerprint density at radius 2 is 2.14 bits per heavy atom. The second kappa shape index (κ2) is 6.33. The molecule has 0 rings (SSSR count). The number of carbonyl (C=O) groups excluding carboxylic acids is 1. The molecule has 0 spiro atoms. The molecule has 6 nitrogen and oxygen atoms in total. The Morgan fingerprint density at radius 1 is 1.57 bits per heavy atom. The Balaban J connectivity index is 3.97. The lowest BCUT2D eigenvalue weighted by molar-refractivity contribution is -0.144. The molecule has 0 aromatic carbocycles. The van der Waals surface area contributed by atoms with Crippen LogP contribution in [0.2, 0.25) is 0 Å². The Labute approximate surface area is 82.6 Å². The first-order valence-corrected chi connectivity index (χ1v) is 4.20. The standard InChI is InChI=1S/C8H16N2O4/c1-10(5-7(11)12)8(13)6(9)3-4-14-2/h6H,3-5,9H2,1-2H3,(H,11,12). The van der Waals surface area contributed by atoms with Crippen molar-refractivity contribution in [1.29, 1.82) is 0 Å². The number of rotatable bonds is 6. The van der Waals surface area contributed by atoms with Gasteiger partial charge in [0.15, 0.2) is 0 Å². The number of aliphatic carboxylic acids is 1. The third-order valence-electron chi connectivity index (χ3n) is 1.70. The zero-order valence-electron chi connectivity index (χ0n) is 8.40. The first-order valence-electron chi connectivity index (χ1n) is 4.20. The van der Waals surface area contributed by atoms with Crippen LogP contribution < -0.4 is 5.73 Å². The summed E-state index contributed by atoms with van der Waals surface area (Å²) in [6.07, 6.45) is 0.388. The minimum atomic E-state index is -1.06. The van der Waals surface area contributed by atoms with Crippen LogP contribution in [0.4, 0.5) is 0 Å². The average Bonchev–Trinajstić information content (AvgIpc) is 2.11. The van der Waals surface area contributed by atoms with E-state index in [4.69, 9.17) is 15.6 Å². The van der Waals surface area contributed by atoms with Gasteiger partial charge in [0.25, 0.3) is 0 Å². The summed E-state index contributed by atoms with van der Waals surface area (Å²) >= 11 is 0. The third-order valence-corrected chi connectivity index (χ3v) is 1.70. The van der Waals surface area contributed by atoms with E-state index in [9.17, 15) is 9.59 Å². The molecule has 0 saturated heterocycles. The van der Waals surface area contributed by atoms with E-state index >= 15 is 0 Å². The van der Waals surface area contributed by atoms with E-state index in [1.807, 2.05) is 0 Å². The van der Waals surface area contributed by atoms with Crippen molar-refractivity contribution in [3.8, 4) is 0 Å². The van der Waals surface area contributed by atoms with Crippen LogP contribution in [0.1, 0.15) is 6.42 Å². The van der Waals surface area contributed by atoms with E-state index in [1.165, 1.54) is 14.2 Å². The number of nitrogens with zero attached hydrogens (tertiary/aromatic N) is 1. The number of carboxylic acid groups (broad SMARTS) is 1. The van der Waals surface area contributed by atoms with Gasteiger partial charge in [-0.25, -0.2) is 0 Å². The second-order valence-electron chi connectivity index (χ2n) is 2.98. The number of carbonyl (C=O) groups is 2. The van der Waals surface area contributed by atoms with Gasteiger partial charge in [0.1, 0.15) is 6.54 Å². The Bertz CT molecular complexity index is 208. The van der Waals surface area contributed by atoms with Crippen molar-refractivity contribution in [3.63, 3.8) is 0 Å². The monoisotopic (exact) mass is 204 g/mol. The summed E-state index contributed by atoms with van der Waals surface area (Å²) in [5, 5.41) is 8.43.